The Morgan fingerprint density at radius 2 is 1.80 bits per heavy atom. The first-order valence-electron chi connectivity index (χ1n) is 7.97. The van der Waals surface area contributed by atoms with E-state index in [4.69, 9.17) is 0 Å². The number of hydrogen-bond acceptors (Lipinski definition) is 6. The average Bonchev–Trinajstić information content (AvgIpc) is 3.00. The Kier molecular flexibility index (Phi) is 4.71. The largest absolute Gasteiger partial charge is 0.336 e. The fourth-order valence-electron chi connectivity index (χ4n) is 2.83. The molecule has 1 aliphatic rings. The zero-order valence-electron chi connectivity index (χ0n) is 14.2. The third-order valence-corrected chi connectivity index (χ3v) is 6.18. The zero-order chi connectivity index (χ0) is 18.0. The number of anilines is 2. The monoisotopic (exact) mass is 360 g/mol. The quantitative estimate of drug-likeness (QED) is 0.822. The Morgan fingerprint density at radius 1 is 1.08 bits per heavy atom. The van der Waals surface area contributed by atoms with Gasteiger partial charge in [0, 0.05) is 25.8 Å². The molecule has 0 aliphatic carbocycles. The maximum atomic E-state index is 12.5. The zero-order valence-corrected chi connectivity index (χ0v) is 15.0. The van der Waals surface area contributed by atoms with Crippen LogP contribution in [0.4, 0.5) is 11.5 Å². The molecule has 7 nitrogen and oxygen atoms in total. The first kappa shape index (κ1) is 17.3. The Hall–Kier alpha value is -2.48. The lowest BCUT2D eigenvalue weighted by atomic mass is 10.2. The van der Waals surface area contributed by atoms with Crippen LogP contribution in [0.5, 0.6) is 0 Å². The number of nitrogens with zero attached hydrogens (tertiary/aromatic N) is 4. The van der Waals surface area contributed by atoms with Gasteiger partial charge in [0.05, 0.1) is 11.5 Å². The van der Waals surface area contributed by atoms with Crippen LogP contribution in [-0.4, -0.2) is 61.1 Å². The van der Waals surface area contributed by atoms with E-state index in [2.05, 4.69) is 10.2 Å². The highest BCUT2D eigenvalue weighted by molar-refractivity contribution is 7.91. The number of carbonyl (C=O) groups excluding carboxylic acids is 1. The van der Waals surface area contributed by atoms with Crippen molar-refractivity contribution < 1.29 is 13.2 Å². The molecule has 1 fully saturated rings. The Labute approximate surface area is 147 Å². The van der Waals surface area contributed by atoms with E-state index in [1.807, 2.05) is 42.3 Å². The van der Waals surface area contributed by atoms with Crippen molar-refractivity contribution in [1.29, 1.82) is 0 Å². The highest BCUT2D eigenvalue weighted by Crippen LogP contribution is 2.21. The van der Waals surface area contributed by atoms with Crippen molar-refractivity contribution in [3.8, 4) is 0 Å². The van der Waals surface area contributed by atoms with Crippen LogP contribution < -0.4 is 4.90 Å². The maximum Gasteiger partial charge on any atom is 0.274 e. The van der Waals surface area contributed by atoms with Crippen molar-refractivity contribution in [1.82, 2.24) is 15.1 Å². The van der Waals surface area contributed by atoms with Crippen LogP contribution >= 0.6 is 0 Å². The van der Waals surface area contributed by atoms with Gasteiger partial charge in [-0.2, -0.15) is 0 Å². The summed E-state index contributed by atoms with van der Waals surface area (Å²) in [5.74, 6) is 0.441. The minimum absolute atomic E-state index is 0.0114. The second-order valence-corrected chi connectivity index (χ2v) is 8.37. The van der Waals surface area contributed by atoms with E-state index < -0.39 is 9.84 Å². The van der Waals surface area contributed by atoms with Gasteiger partial charge in [0.1, 0.15) is 0 Å². The summed E-state index contributed by atoms with van der Waals surface area (Å²) in [6.45, 7) is 0. The number of sulfone groups is 1. The summed E-state index contributed by atoms with van der Waals surface area (Å²) in [6, 6.07) is 12.7. The molecular weight excluding hydrogens is 340 g/mol. The van der Waals surface area contributed by atoms with Gasteiger partial charge >= 0.3 is 0 Å². The minimum Gasteiger partial charge on any atom is -0.336 e. The molecule has 2 aromatic rings. The summed E-state index contributed by atoms with van der Waals surface area (Å²) in [7, 11) is 0.441. The number of hydrogen-bond donors (Lipinski definition) is 0. The van der Waals surface area contributed by atoms with Gasteiger partial charge in [-0.15, -0.1) is 10.2 Å². The molecule has 1 saturated heterocycles. The lowest BCUT2D eigenvalue weighted by Gasteiger charge is -2.23. The van der Waals surface area contributed by atoms with Crippen LogP contribution in [0, 0.1) is 0 Å². The third-order valence-electron chi connectivity index (χ3n) is 4.43. The fraction of sp³-hybridized carbons (Fsp3) is 0.353. The molecule has 1 aliphatic heterocycles. The number of carbonyl (C=O) groups is 1. The Bertz CT molecular complexity index is 853. The van der Waals surface area contributed by atoms with Crippen LogP contribution in [0.1, 0.15) is 16.9 Å². The van der Waals surface area contributed by atoms with E-state index in [0.717, 1.165) is 5.69 Å². The SMILES string of the molecule is CN(c1ccccc1)c1ccc(C(=O)N(C)C2CCS(=O)(=O)C2)nn1. The highest BCUT2D eigenvalue weighted by Gasteiger charge is 2.33. The van der Waals surface area contributed by atoms with Gasteiger partial charge in [-0.05, 0) is 30.7 Å². The third kappa shape index (κ3) is 3.79. The lowest BCUT2D eigenvalue weighted by molar-refractivity contribution is 0.0740. The van der Waals surface area contributed by atoms with E-state index in [9.17, 15) is 13.2 Å². The molecule has 2 heterocycles. The van der Waals surface area contributed by atoms with Gasteiger partial charge in [-0.25, -0.2) is 8.42 Å². The number of rotatable bonds is 4. The number of aromatic nitrogens is 2. The molecular formula is C17H20N4O3S. The van der Waals surface area contributed by atoms with Gasteiger partial charge in [-0.3, -0.25) is 4.79 Å². The molecule has 8 heteroatoms. The first-order valence-corrected chi connectivity index (χ1v) is 9.79. The van der Waals surface area contributed by atoms with Crippen molar-refractivity contribution in [2.45, 2.75) is 12.5 Å². The average molecular weight is 360 g/mol. The summed E-state index contributed by atoms with van der Waals surface area (Å²) < 4.78 is 23.2. The molecule has 25 heavy (non-hydrogen) atoms. The molecule has 1 aromatic carbocycles. The lowest BCUT2D eigenvalue weighted by Crippen LogP contribution is -2.38. The van der Waals surface area contributed by atoms with Crippen LogP contribution in [0.2, 0.25) is 0 Å². The van der Waals surface area contributed by atoms with Gasteiger partial charge in [0.2, 0.25) is 0 Å². The molecule has 3 rings (SSSR count). The van der Waals surface area contributed by atoms with E-state index in [-0.39, 0.29) is 29.1 Å². The highest BCUT2D eigenvalue weighted by atomic mass is 32.2. The summed E-state index contributed by atoms with van der Waals surface area (Å²) in [5.41, 5.74) is 1.17. The number of para-hydroxylation sites is 1. The molecule has 0 N–H and O–H groups in total. The topological polar surface area (TPSA) is 83.5 Å². The van der Waals surface area contributed by atoms with Crippen molar-refractivity contribution in [2.75, 3.05) is 30.5 Å². The predicted molar refractivity (Wildman–Crippen MR) is 95.7 cm³/mol. The van der Waals surface area contributed by atoms with Crippen LogP contribution in [0.25, 0.3) is 0 Å². The van der Waals surface area contributed by atoms with Crippen molar-refractivity contribution in [3.05, 3.63) is 48.2 Å². The standard InChI is InChI=1S/C17H20N4O3S/c1-20(13-6-4-3-5-7-13)16-9-8-15(18-19-16)17(22)21(2)14-10-11-25(23,24)12-14/h3-9,14H,10-12H2,1-2H3. The number of benzene rings is 1. The minimum atomic E-state index is -3.04. The normalized spacial score (nSPS) is 18.7. The molecule has 1 atom stereocenters. The van der Waals surface area contributed by atoms with Gasteiger partial charge in [0.15, 0.2) is 21.3 Å². The summed E-state index contributed by atoms with van der Waals surface area (Å²) in [6.07, 6.45) is 0.465. The molecule has 0 bridgehead atoms. The van der Waals surface area contributed by atoms with E-state index in [1.54, 1.807) is 19.2 Å². The van der Waals surface area contributed by atoms with E-state index >= 15 is 0 Å². The number of amides is 1. The van der Waals surface area contributed by atoms with Crippen molar-refractivity contribution in [3.63, 3.8) is 0 Å². The van der Waals surface area contributed by atoms with E-state index in [1.165, 1.54) is 4.90 Å². The Morgan fingerprint density at radius 3 is 2.36 bits per heavy atom. The Balaban J connectivity index is 1.72. The molecule has 0 saturated carbocycles. The van der Waals surface area contributed by atoms with Crippen molar-refractivity contribution in [2.24, 2.45) is 0 Å². The smallest absolute Gasteiger partial charge is 0.274 e. The maximum absolute atomic E-state index is 12.5. The van der Waals surface area contributed by atoms with E-state index in [0.29, 0.717) is 12.2 Å². The van der Waals surface area contributed by atoms with Gasteiger partial charge < -0.3 is 9.80 Å². The first-order chi connectivity index (χ1) is 11.9. The second kappa shape index (κ2) is 6.79. The fourth-order valence-corrected chi connectivity index (χ4v) is 4.60. The molecule has 0 spiro atoms. The molecule has 0 radical (unpaired) electrons. The summed E-state index contributed by atoms with van der Waals surface area (Å²) in [5, 5.41) is 8.15. The molecule has 1 aromatic heterocycles. The van der Waals surface area contributed by atoms with Crippen LogP contribution in [-0.2, 0) is 9.84 Å². The molecule has 1 unspecified atom stereocenters. The summed E-state index contributed by atoms with van der Waals surface area (Å²) in [4.78, 5) is 15.8. The molecule has 132 valence electrons. The van der Waals surface area contributed by atoms with Crippen molar-refractivity contribution >= 4 is 27.2 Å². The summed E-state index contributed by atoms with van der Waals surface area (Å²) >= 11 is 0. The van der Waals surface area contributed by atoms with Gasteiger partial charge in [-0.1, -0.05) is 18.2 Å². The second-order valence-electron chi connectivity index (χ2n) is 6.14. The van der Waals surface area contributed by atoms with Gasteiger partial charge in [0.25, 0.3) is 5.91 Å². The van der Waals surface area contributed by atoms with Crippen LogP contribution in [0.15, 0.2) is 42.5 Å². The van der Waals surface area contributed by atoms with Crippen LogP contribution in [0.3, 0.4) is 0 Å². The molecule has 1 amide bonds. The predicted octanol–water partition coefficient (Wildman–Crippen LogP) is 1.50.